The van der Waals surface area contributed by atoms with Crippen molar-refractivity contribution >= 4 is 23.2 Å². The third kappa shape index (κ3) is 5.73. The smallest absolute Gasteiger partial charge is 0.243 e. The molecule has 35 heavy (non-hydrogen) atoms. The van der Waals surface area contributed by atoms with Crippen LogP contribution in [0.2, 0.25) is 0 Å². The Morgan fingerprint density at radius 2 is 1.94 bits per heavy atom. The summed E-state index contributed by atoms with van der Waals surface area (Å²) in [6.07, 6.45) is 1.85. The van der Waals surface area contributed by atoms with E-state index < -0.39 is 17.5 Å². The van der Waals surface area contributed by atoms with Gasteiger partial charge in [0.15, 0.2) is 11.6 Å². The monoisotopic (exact) mass is 484 g/mol. The Kier molecular flexibility index (Phi) is 7.23. The molecule has 0 bridgehead atoms. The van der Waals surface area contributed by atoms with Crippen LogP contribution in [0.5, 0.6) is 5.75 Å². The van der Waals surface area contributed by atoms with Crippen LogP contribution in [-0.4, -0.2) is 64.3 Å². The molecular weight excluding hydrogens is 458 g/mol. The Morgan fingerprint density at radius 3 is 2.66 bits per heavy atom. The van der Waals surface area contributed by atoms with Crippen molar-refractivity contribution < 1.29 is 23.1 Å². The Morgan fingerprint density at radius 1 is 1.11 bits per heavy atom. The molecule has 2 amide bonds. The van der Waals surface area contributed by atoms with Crippen molar-refractivity contribution in [2.24, 2.45) is 0 Å². The maximum Gasteiger partial charge on any atom is 0.243 e. The molecule has 0 spiro atoms. The average Bonchev–Trinajstić information content (AvgIpc) is 3.18. The van der Waals surface area contributed by atoms with E-state index in [1.54, 1.807) is 11.0 Å². The SMILES string of the molecule is CCOc1cc(N2CCC(=O)N(CC(=O)Nc3ccc(F)c(F)c3)CC2)ccc1-n1cnc(C)n1. The normalized spacial score (nSPS) is 14.1. The Hall–Kier alpha value is -4.02. The van der Waals surface area contributed by atoms with E-state index in [1.165, 1.54) is 11.0 Å². The molecule has 9 nitrogen and oxygen atoms in total. The zero-order chi connectivity index (χ0) is 24.9. The van der Waals surface area contributed by atoms with Crippen LogP contribution in [0, 0.1) is 18.6 Å². The molecule has 1 saturated heterocycles. The van der Waals surface area contributed by atoms with Gasteiger partial charge < -0.3 is 19.9 Å². The van der Waals surface area contributed by atoms with E-state index in [2.05, 4.69) is 20.3 Å². The maximum atomic E-state index is 13.4. The zero-order valence-corrected chi connectivity index (χ0v) is 19.5. The molecule has 2 heterocycles. The second-order valence-corrected chi connectivity index (χ2v) is 8.05. The number of rotatable bonds is 7. The molecule has 1 aliphatic heterocycles. The van der Waals surface area contributed by atoms with E-state index in [-0.39, 0.29) is 24.6 Å². The molecule has 184 valence electrons. The van der Waals surface area contributed by atoms with Crippen molar-refractivity contribution in [3.8, 4) is 11.4 Å². The first kappa shape index (κ1) is 24.1. The molecule has 0 unspecified atom stereocenters. The topological polar surface area (TPSA) is 92.6 Å². The summed E-state index contributed by atoms with van der Waals surface area (Å²) in [7, 11) is 0. The number of benzene rings is 2. The summed E-state index contributed by atoms with van der Waals surface area (Å²) < 4.78 is 34.0. The molecular formula is C24H26F2N6O3. The quantitative estimate of drug-likeness (QED) is 0.555. The van der Waals surface area contributed by atoms with E-state index in [4.69, 9.17) is 4.74 Å². The molecule has 4 rings (SSSR count). The predicted molar refractivity (Wildman–Crippen MR) is 126 cm³/mol. The molecule has 0 saturated carbocycles. The third-order valence-electron chi connectivity index (χ3n) is 5.59. The fourth-order valence-electron chi connectivity index (χ4n) is 3.86. The number of ether oxygens (including phenoxy) is 1. The number of carbonyl (C=O) groups excluding carboxylic acids is 2. The highest BCUT2D eigenvalue weighted by atomic mass is 19.2. The lowest BCUT2D eigenvalue weighted by Gasteiger charge is -2.24. The first-order valence-electron chi connectivity index (χ1n) is 11.3. The average molecular weight is 485 g/mol. The van der Waals surface area contributed by atoms with Gasteiger partial charge in [-0.3, -0.25) is 9.59 Å². The van der Waals surface area contributed by atoms with Gasteiger partial charge in [-0.05, 0) is 38.1 Å². The van der Waals surface area contributed by atoms with Gasteiger partial charge in [0.2, 0.25) is 11.8 Å². The standard InChI is InChI=1S/C24H26F2N6O3/c1-3-35-22-13-18(5-7-21(22)32-15-27-16(2)29-32)30-9-8-24(34)31(11-10-30)14-23(33)28-17-4-6-19(25)20(26)12-17/h4-7,12-13,15H,3,8-11,14H2,1-2H3,(H,28,33). The van der Waals surface area contributed by atoms with Gasteiger partial charge in [-0.2, -0.15) is 5.10 Å². The Bertz CT molecular complexity index is 1230. The number of aromatic nitrogens is 3. The first-order valence-corrected chi connectivity index (χ1v) is 11.3. The second-order valence-electron chi connectivity index (χ2n) is 8.05. The highest BCUT2D eigenvalue weighted by Crippen LogP contribution is 2.29. The van der Waals surface area contributed by atoms with Gasteiger partial charge in [-0.15, -0.1) is 0 Å². The molecule has 1 aromatic heterocycles. The number of nitrogens with zero attached hydrogens (tertiary/aromatic N) is 5. The van der Waals surface area contributed by atoms with Gasteiger partial charge in [-0.1, -0.05) is 0 Å². The van der Waals surface area contributed by atoms with Gasteiger partial charge in [0.25, 0.3) is 0 Å². The molecule has 11 heteroatoms. The number of hydrogen-bond donors (Lipinski definition) is 1. The van der Waals surface area contributed by atoms with Crippen LogP contribution in [0.25, 0.3) is 5.69 Å². The minimum atomic E-state index is -1.05. The van der Waals surface area contributed by atoms with E-state index >= 15 is 0 Å². The van der Waals surface area contributed by atoms with Crippen LogP contribution in [0.3, 0.4) is 0 Å². The Balaban J connectivity index is 1.43. The van der Waals surface area contributed by atoms with Crippen molar-refractivity contribution in [2.75, 3.05) is 43.0 Å². The minimum Gasteiger partial charge on any atom is -0.492 e. The number of nitrogens with one attached hydrogen (secondary N) is 1. The lowest BCUT2D eigenvalue weighted by atomic mass is 10.2. The first-order chi connectivity index (χ1) is 16.8. The lowest BCUT2D eigenvalue weighted by molar-refractivity contribution is -0.133. The van der Waals surface area contributed by atoms with Crippen molar-refractivity contribution in [1.82, 2.24) is 19.7 Å². The van der Waals surface area contributed by atoms with Gasteiger partial charge >= 0.3 is 0 Å². The van der Waals surface area contributed by atoms with E-state index in [9.17, 15) is 18.4 Å². The summed E-state index contributed by atoms with van der Waals surface area (Å²) in [5.74, 6) is -1.40. The number of amides is 2. The highest BCUT2D eigenvalue weighted by molar-refractivity contribution is 5.94. The number of halogens is 2. The molecule has 0 aliphatic carbocycles. The molecule has 1 N–H and O–H groups in total. The molecule has 3 aromatic rings. The van der Waals surface area contributed by atoms with Crippen LogP contribution in [0.1, 0.15) is 19.2 Å². The van der Waals surface area contributed by atoms with Gasteiger partial charge in [0.05, 0.1) is 13.2 Å². The number of carbonyl (C=O) groups is 2. The maximum absolute atomic E-state index is 13.4. The second kappa shape index (κ2) is 10.5. The summed E-state index contributed by atoms with van der Waals surface area (Å²) in [5.41, 5.74) is 1.77. The van der Waals surface area contributed by atoms with Gasteiger partial charge in [0.1, 0.15) is 23.6 Å². The summed E-state index contributed by atoms with van der Waals surface area (Å²) in [5, 5.41) is 6.85. The summed E-state index contributed by atoms with van der Waals surface area (Å²) in [6, 6.07) is 8.85. The lowest BCUT2D eigenvalue weighted by Crippen LogP contribution is -2.39. The predicted octanol–water partition coefficient (Wildman–Crippen LogP) is 2.93. The molecule has 1 aliphatic rings. The van der Waals surface area contributed by atoms with E-state index in [0.29, 0.717) is 37.8 Å². The number of hydrogen-bond acceptors (Lipinski definition) is 6. The van der Waals surface area contributed by atoms with Crippen molar-refractivity contribution in [2.45, 2.75) is 20.3 Å². The number of anilines is 2. The van der Waals surface area contributed by atoms with Gasteiger partial charge in [-0.25, -0.2) is 18.4 Å². The number of aryl methyl sites for hydroxylation is 1. The fraction of sp³-hybridized carbons (Fsp3) is 0.333. The summed E-state index contributed by atoms with van der Waals surface area (Å²) in [4.78, 5) is 32.8. The summed E-state index contributed by atoms with van der Waals surface area (Å²) in [6.45, 7) is 5.33. The molecule has 2 aromatic carbocycles. The summed E-state index contributed by atoms with van der Waals surface area (Å²) >= 11 is 0. The third-order valence-corrected chi connectivity index (χ3v) is 5.59. The van der Waals surface area contributed by atoms with E-state index in [1.807, 2.05) is 32.0 Å². The molecule has 0 atom stereocenters. The van der Waals surface area contributed by atoms with Crippen molar-refractivity contribution in [3.63, 3.8) is 0 Å². The van der Waals surface area contributed by atoms with Crippen molar-refractivity contribution in [3.05, 3.63) is 60.2 Å². The van der Waals surface area contributed by atoms with Crippen molar-refractivity contribution in [1.29, 1.82) is 0 Å². The zero-order valence-electron chi connectivity index (χ0n) is 19.5. The highest BCUT2D eigenvalue weighted by Gasteiger charge is 2.24. The van der Waals surface area contributed by atoms with Crippen LogP contribution in [0.4, 0.5) is 20.2 Å². The van der Waals surface area contributed by atoms with Crippen LogP contribution >= 0.6 is 0 Å². The van der Waals surface area contributed by atoms with Gasteiger partial charge in [0, 0.05) is 49.6 Å². The fourth-order valence-corrected chi connectivity index (χ4v) is 3.86. The Labute approximate surface area is 201 Å². The molecule has 0 radical (unpaired) electrons. The van der Waals surface area contributed by atoms with E-state index in [0.717, 1.165) is 23.5 Å². The molecule has 1 fully saturated rings. The van der Waals surface area contributed by atoms with Crippen LogP contribution in [0.15, 0.2) is 42.7 Å². The van der Waals surface area contributed by atoms with Crippen LogP contribution < -0.4 is 15.0 Å². The minimum absolute atomic E-state index is 0.129. The van der Waals surface area contributed by atoms with Crippen LogP contribution in [-0.2, 0) is 9.59 Å². The largest absolute Gasteiger partial charge is 0.492 e.